The van der Waals surface area contributed by atoms with Crippen molar-refractivity contribution in [3.8, 4) is 0 Å². The van der Waals surface area contributed by atoms with Crippen molar-refractivity contribution in [1.29, 1.82) is 0 Å². The van der Waals surface area contributed by atoms with Crippen LogP contribution in [0.2, 0.25) is 0 Å². The Bertz CT molecular complexity index is 1080. The van der Waals surface area contributed by atoms with E-state index in [0.29, 0.717) is 9.40 Å². The molecule has 0 bridgehead atoms. The third kappa shape index (κ3) is 3.53. The van der Waals surface area contributed by atoms with Gasteiger partial charge in [-0.25, -0.2) is 0 Å². The minimum Gasteiger partial charge on any atom is -0.326 e. The normalized spacial score (nSPS) is 20.6. The number of benzene rings is 2. The molecule has 7 nitrogen and oxygen atoms in total. The highest BCUT2D eigenvalue weighted by Crippen LogP contribution is 2.40. The Balaban J connectivity index is 1.58. The number of hydrogen-bond acceptors (Lipinski definition) is 5. The van der Waals surface area contributed by atoms with E-state index in [-0.39, 0.29) is 27.3 Å². The number of carbonyl (C=O) groups is 1. The maximum atomic E-state index is 12.8. The van der Waals surface area contributed by atoms with E-state index in [4.69, 9.17) is 0 Å². The number of rotatable bonds is 3. The molecule has 1 heterocycles. The predicted octanol–water partition coefficient (Wildman–Crippen LogP) is 3.49. The maximum absolute atomic E-state index is 12.8. The average molecular weight is 435 g/mol. The van der Waals surface area contributed by atoms with Crippen LogP contribution in [0.5, 0.6) is 0 Å². The Hall–Kier alpha value is -2.39. The van der Waals surface area contributed by atoms with Gasteiger partial charge < -0.3 is 5.32 Å². The topological polar surface area (TPSA) is 101 Å². The Morgan fingerprint density at radius 2 is 1.31 bits per heavy atom. The molecule has 1 aliphatic carbocycles. The number of hydrogen-bond donors (Lipinski definition) is 1. The van der Waals surface area contributed by atoms with Crippen molar-refractivity contribution in [1.82, 2.24) is 0 Å². The minimum absolute atomic E-state index is 0.00802. The van der Waals surface area contributed by atoms with Crippen LogP contribution >= 0.6 is 0 Å². The van der Waals surface area contributed by atoms with Gasteiger partial charge in [-0.15, -0.1) is 0 Å². The van der Waals surface area contributed by atoms with Crippen LogP contribution in [0, 0.1) is 5.92 Å². The van der Waals surface area contributed by atoms with Crippen LogP contribution in [-0.4, -0.2) is 22.7 Å². The second kappa shape index (κ2) is 7.46. The second-order valence-corrected chi connectivity index (χ2v) is 11.1. The monoisotopic (exact) mass is 434 g/mol. The van der Waals surface area contributed by atoms with Gasteiger partial charge in [-0.1, -0.05) is 37.8 Å². The van der Waals surface area contributed by atoms with Crippen molar-refractivity contribution in [2.24, 2.45) is 5.92 Å². The molecule has 0 unspecified atom stereocenters. The summed E-state index contributed by atoms with van der Waals surface area (Å²) in [5.74, 6) is -0.0699. The van der Waals surface area contributed by atoms with Gasteiger partial charge in [0, 0.05) is 11.6 Å². The number of carbonyl (C=O) groups excluding carboxylic acids is 1. The van der Waals surface area contributed by atoms with Crippen molar-refractivity contribution >= 4 is 37.3 Å². The number of anilines is 2. The lowest BCUT2D eigenvalue weighted by Gasteiger charge is -2.17. The van der Waals surface area contributed by atoms with Crippen LogP contribution in [0.1, 0.15) is 38.5 Å². The van der Waals surface area contributed by atoms with Crippen molar-refractivity contribution in [3.05, 3.63) is 48.5 Å². The summed E-state index contributed by atoms with van der Waals surface area (Å²) in [6, 6.07) is 11.4. The minimum atomic E-state index is -4.21. The third-order valence-electron chi connectivity index (χ3n) is 5.41. The molecular weight excluding hydrogens is 412 g/mol. The van der Waals surface area contributed by atoms with Gasteiger partial charge in [0.25, 0.3) is 20.0 Å². The Kier molecular flexibility index (Phi) is 5.12. The molecule has 0 spiro atoms. The largest absolute Gasteiger partial charge is 0.326 e. The number of fused-ring (bicyclic) bond motifs is 1. The Morgan fingerprint density at radius 1 is 0.793 bits per heavy atom. The highest BCUT2D eigenvalue weighted by molar-refractivity contribution is 8.12. The molecule has 1 saturated carbocycles. The van der Waals surface area contributed by atoms with E-state index in [0.717, 1.165) is 38.5 Å². The number of nitrogens with one attached hydrogen (secondary N) is 1. The van der Waals surface area contributed by atoms with Gasteiger partial charge in [0.2, 0.25) is 5.91 Å². The van der Waals surface area contributed by atoms with Crippen molar-refractivity contribution in [3.63, 3.8) is 0 Å². The SMILES string of the molecule is O=C(Nc1ccc(N2S(=O)(=O)c3ccccc3S2(=O)=O)cc1)C1CCCCCC1. The standard InChI is InChI=1S/C20H22N2O5S2/c23-20(15-7-3-1-2-4-8-15)21-16-11-13-17(14-12-16)22-28(24,25)18-9-5-6-10-19(18)29(22,26)27/h5-6,9-15H,1-4,7-8H2,(H,21,23). The highest BCUT2D eigenvalue weighted by atomic mass is 32.3. The smallest absolute Gasteiger partial charge is 0.279 e. The molecule has 0 radical (unpaired) electrons. The molecule has 2 aromatic carbocycles. The number of amides is 1. The summed E-state index contributed by atoms with van der Waals surface area (Å²) in [5.41, 5.74) is 0.517. The molecule has 1 aliphatic heterocycles. The first kappa shape index (κ1) is 19.9. The van der Waals surface area contributed by atoms with Gasteiger partial charge in [0.15, 0.2) is 0 Å². The molecule has 4 rings (SSSR count). The molecule has 0 aromatic heterocycles. The van der Waals surface area contributed by atoms with Crippen LogP contribution in [0.25, 0.3) is 0 Å². The van der Waals surface area contributed by atoms with Crippen LogP contribution < -0.4 is 9.03 Å². The van der Waals surface area contributed by atoms with E-state index >= 15 is 0 Å². The van der Waals surface area contributed by atoms with Gasteiger partial charge in [-0.3, -0.25) is 4.79 Å². The zero-order chi connectivity index (χ0) is 20.6. The van der Waals surface area contributed by atoms with Gasteiger partial charge >= 0.3 is 0 Å². The zero-order valence-electron chi connectivity index (χ0n) is 15.7. The third-order valence-corrected chi connectivity index (χ3v) is 9.84. The molecule has 2 aromatic rings. The van der Waals surface area contributed by atoms with E-state index in [2.05, 4.69) is 5.32 Å². The fourth-order valence-corrected chi connectivity index (χ4v) is 8.36. The van der Waals surface area contributed by atoms with E-state index in [1.54, 1.807) is 0 Å². The molecule has 2 aliphatic rings. The molecule has 1 fully saturated rings. The number of sulfonamides is 2. The summed E-state index contributed by atoms with van der Waals surface area (Å²) in [6.45, 7) is 0. The lowest BCUT2D eigenvalue weighted by molar-refractivity contribution is -0.120. The van der Waals surface area contributed by atoms with Crippen LogP contribution in [0.15, 0.2) is 58.3 Å². The van der Waals surface area contributed by atoms with E-state index in [9.17, 15) is 21.6 Å². The van der Waals surface area contributed by atoms with Gasteiger partial charge in [-0.2, -0.15) is 20.5 Å². The second-order valence-electron chi connectivity index (χ2n) is 7.38. The number of nitrogens with zero attached hydrogens (tertiary/aromatic N) is 1. The van der Waals surface area contributed by atoms with Crippen molar-refractivity contribution in [2.75, 3.05) is 9.03 Å². The van der Waals surface area contributed by atoms with Crippen molar-refractivity contribution < 1.29 is 21.6 Å². The first-order valence-corrected chi connectivity index (χ1v) is 12.5. The first-order valence-electron chi connectivity index (χ1n) is 9.62. The van der Waals surface area contributed by atoms with Crippen LogP contribution in [0.4, 0.5) is 11.4 Å². The summed E-state index contributed by atoms with van der Waals surface area (Å²) < 4.78 is 51.6. The van der Waals surface area contributed by atoms with Crippen LogP contribution in [0.3, 0.4) is 0 Å². The summed E-state index contributed by atoms with van der Waals surface area (Å²) in [5, 5.41) is 2.86. The Morgan fingerprint density at radius 3 is 1.83 bits per heavy atom. The van der Waals surface area contributed by atoms with Gasteiger partial charge in [-0.05, 0) is 49.2 Å². The fraction of sp³-hybridized carbons (Fsp3) is 0.350. The molecule has 1 amide bonds. The average Bonchev–Trinajstić information content (AvgIpc) is 2.90. The quantitative estimate of drug-likeness (QED) is 0.745. The molecule has 9 heteroatoms. The van der Waals surface area contributed by atoms with Crippen LogP contribution in [-0.2, 0) is 24.8 Å². The molecule has 154 valence electrons. The summed E-state index contributed by atoms with van der Waals surface area (Å²) >= 11 is 0. The van der Waals surface area contributed by atoms with E-state index in [1.807, 2.05) is 0 Å². The maximum Gasteiger partial charge on any atom is 0.279 e. The summed E-state index contributed by atoms with van der Waals surface area (Å²) in [7, 11) is -8.41. The molecule has 1 N–H and O–H groups in total. The first-order chi connectivity index (χ1) is 13.8. The van der Waals surface area contributed by atoms with E-state index in [1.165, 1.54) is 48.5 Å². The van der Waals surface area contributed by atoms with Gasteiger partial charge in [0.05, 0.1) is 5.69 Å². The van der Waals surface area contributed by atoms with Gasteiger partial charge in [0.1, 0.15) is 9.79 Å². The lowest BCUT2D eigenvalue weighted by atomic mass is 9.99. The Labute approximate surface area is 170 Å². The van der Waals surface area contributed by atoms with E-state index < -0.39 is 20.0 Å². The summed E-state index contributed by atoms with van der Waals surface area (Å²) in [6.07, 6.45) is 6.13. The van der Waals surface area contributed by atoms with Crippen molar-refractivity contribution in [2.45, 2.75) is 48.3 Å². The zero-order valence-corrected chi connectivity index (χ0v) is 17.4. The molecule has 0 saturated heterocycles. The highest BCUT2D eigenvalue weighted by Gasteiger charge is 2.47. The summed E-state index contributed by atoms with van der Waals surface area (Å²) in [4.78, 5) is 12.0. The molecule has 0 atom stereocenters. The lowest BCUT2D eigenvalue weighted by Crippen LogP contribution is -2.30. The molecule has 29 heavy (non-hydrogen) atoms. The molecular formula is C20H22N2O5S2. The fourth-order valence-electron chi connectivity index (χ4n) is 3.91. The predicted molar refractivity (Wildman–Crippen MR) is 110 cm³/mol.